The van der Waals surface area contributed by atoms with E-state index in [0.29, 0.717) is 39.5 Å². The molecule has 0 N–H and O–H groups in total. The number of nitrogens with zero attached hydrogens (tertiary/aromatic N) is 3. The predicted octanol–water partition coefficient (Wildman–Crippen LogP) is 2.63. The average molecular weight is 544 g/mol. The Balaban J connectivity index is 1.76. The first-order valence-electron chi connectivity index (χ1n) is 12.3. The molecule has 1 amide bonds. The average Bonchev–Trinajstić information content (AvgIpc) is 3.38. The van der Waals surface area contributed by atoms with E-state index in [1.54, 1.807) is 36.1 Å². The van der Waals surface area contributed by atoms with Crippen LogP contribution in [-0.2, 0) is 19.1 Å². The van der Waals surface area contributed by atoms with E-state index in [-0.39, 0.29) is 22.6 Å². The molecule has 1 aromatic heterocycles. The largest absolute Gasteiger partial charge is 0.458 e. The summed E-state index contributed by atoms with van der Waals surface area (Å²) in [7, 11) is 0. The number of thiazole rings is 1. The minimum absolute atomic E-state index is 0.0135. The molecule has 1 unspecified atom stereocenters. The van der Waals surface area contributed by atoms with Gasteiger partial charge in [-0.2, -0.15) is 0 Å². The summed E-state index contributed by atoms with van der Waals surface area (Å²) in [6.07, 6.45) is 1.45. The van der Waals surface area contributed by atoms with Crippen LogP contribution < -0.4 is 24.5 Å². The summed E-state index contributed by atoms with van der Waals surface area (Å²) in [6, 6.07) is 13.0. The molecule has 2 aromatic carbocycles. The zero-order chi connectivity index (χ0) is 27.8. The number of amides is 1. The van der Waals surface area contributed by atoms with Crippen molar-refractivity contribution in [1.29, 1.82) is 0 Å². The standard InChI is InChI=1S/C29H25N3O6S/c1-5-15-37-28(36)22-16(3)30-29-32(24(22)18-11-13-19(14-12-18)38-17(4)33)27(35)25(39-29)23-20-9-7-8-10-21(20)31(6-2)26(23)34/h5,7-14,24H,1,6,15H2,2-4H3/b25-23+. The molecule has 39 heavy (non-hydrogen) atoms. The topological polar surface area (TPSA) is 107 Å². The van der Waals surface area contributed by atoms with Gasteiger partial charge in [0.15, 0.2) is 4.80 Å². The number of ether oxygens (including phenoxy) is 2. The van der Waals surface area contributed by atoms with Crippen molar-refractivity contribution in [2.45, 2.75) is 26.8 Å². The van der Waals surface area contributed by atoms with E-state index in [0.717, 1.165) is 17.0 Å². The first kappa shape index (κ1) is 26.1. The van der Waals surface area contributed by atoms with Crippen molar-refractivity contribution in [3.63, 3.8) is 0 Å². The summed E-state index contributed by atoms with van der Waals surface area (Å²) in [4.78, 5) is 58.8. The highest BCUT2D eigenvalue weighted by molar-refractivity contribution is 7.07. The molecule has 0 fully saturated rings. The normalized spacial score (nSPS) is 17.4. The number of aromatic nitrogens is 1. The van der Waals surface area contributed by atoms with Crippen molar-refractivity contribution in [3.8, 4) is 5.75 Å². The van der Waals surface area contributed by atoms with Crippen LogP contribution in [0.5, 0.6) is 5.75 Å². The van der Waals surface area contributed by atoms with Gasteiger partial charge in [-0.05, 0) is 37.6 Å². The molecule has 3 aromatic rings. The summed E-state index contributed by atoms with van der Waals surface area (Å²) in [6.45, 7) is 8.89. The van der Waals surface area contributed by atoms with Gasteiger partial charge >= 0.3 is 11.9 Å². The van der Waals surface area contributed by atoms with Crippen molar-refractivity contribution in [2.75, 3.05) is 18.1 Å². The second-order valence-electron chi connectivity index (χ2n) is 8.89. The van der Waals surface area contributed by atoms with E-state index in [9.17, 15) is 19.2 Å². The van der Waals surface area contributed by atoms with Crippen LogP contribution in [0.4, 0.5) is 5.69 Å². The van der Waals surface area contributed by atoms with Gasteiger partial charge < -0.3 is 14.4 Å². The quantitative estimate of drug-likeness (QED) is 0.269. The highest BCUT2D eigenvalue weighted by atomic mass is 32.1. The van der Waals surface area contributed by atoms with E-state index in [2.05, 4.69) is 11.6 Å². The van der Waals surface area contributed by atoms with E-state index in [1.165, 1.54) is 17.6 Å². The third kappa shape index (κ3) is 4.42. The number of hydrogen-bond acceptors (Lipinski definition) is 8. The van der Waals surface area contributed by atoms with Gasteiger partial charge in [0, 0.05) is 19.0 Å². The van der Waals surface area contributed by atoms with Crippen LogP contribution in [0, 0.1) is 0 Å². The third-order valence-corrected chi connectivity index (χ3v) is 7.53. The van der Waals surface area contributed by atoms with E-state index < -0.39 is 23.5 Å². The number of rotatable bonds is 6. The molecule has 1 atom stereocenters. The molecule has 0 bridgehead atoms. The Bertz CT molecular complexity index is 1750. The fraction of sp³-hybridized carbons (Fsp3) is 0.207. The summed E-state index contributed by atoms with van der Waals surface area (Å²) in [5.74, 6) is -1.04. The minimum Gasteiger partial charge on any atom is -0.458 e. The molecule has 198 valence electrons. The van der Waals surface area contributed by atoms with Gasteiger partial charge in [-0.1, -0.05) is 54.3 Å². The fourth-order valence-corrected chi connectivity index (χ4v) is 6.00. The molecule has 10 heteroatoms. The van der Waals surface area contributed by atoms with Gasteiger partial charge in [0.25, 0.3) is 11.5 Å². The molecule has 0 radical (unpaired) electrons. The number of para-hydroxylation sites is 1. The number of anilines is 1. The lowest BCUT2D eigenvalue weighted by molar-refractivity contribution is -0.138. The number of hydrogen-bond donors (Lipinski definition) is 0. The van der Waals surface area contributed by atoms with Gasteiger partial charge in [0.1, 0.15) is 16.9 Å². The second kappa shape index (κ2) is 10.3. The number of carbonyl (C=O) groups excluding carboxylic acids is 3. The Kier molecular flexibility index (Phi) is 6.88. The lowest BCUT2D eigenvalue weighted by Crippen LogP contribution is -2.41. The Hall–Kier alpha value is -4.57. The first-order valence-corrected chi connectivity index (χ1v) is 13.1. The summed E-state index contributed by atoms with van der Waals surface area (Å²) >= 11 is 1.11. The molecule has 9 nitrogen and oxygen atoms in total. The molecular formula is C29H25N3O6S. The Morgan fingerprint density at radius 1 is 1.13 bits per heavy atom. The monoisotopic (exact) mass is 543 g/mol. The van der Waals surface area contributed by atoms with Gasteiger partial charge in [-0.3, -0.25) is 19.0 Å². The highest BCUT2D eigenvalue weighted by Gasteiger charge is 2.37. The van der Waals surface area contributed by atoms with Crippen molar-refractivity contribution in [1.82, 2.24) is 4.57 Å². The Labute approximate surface area is 227 Å². The van der Waals surface area contributed by atoms with Gasteiger partial charge in [-0.25, -0.2) is 9.79 Å². The van der Waals surface area contributed by atoms with Crippen LogP contribution in [0.15, 0.2) is 82.2 Å². The molecule has 0 aliphatic carbocycles. The maximum Gasteiger partial charge on any atom is 0.338 e. The van der Waals surface area contributed by atoms with Gasteiger partial charge in [0.2, 0.25) is 0 Å². The lowest BCUT2D eigenvalue weighted by atomic mass is 9.96. The Morgan fingerprint density at radius 2 is 1.85 bits per heavy atom. The molecule has 0 spiro atoms. The molecule has 0 saturated carbocycles. The van der Waals surface area contributed by atoms with Gasteiger partial charge in [0.05, 0.1) is 28.6 Å². The summed E-state index contributed by atoms with van der Waals surface area (Å²) in [5, 5.41) is 0. The van der Waals surface area contributed by atoms with Crippen LogP contribution in [0.2, 0.25) is 0 Å². The van der Waals surface area contributed by atoms with Crippen LogP contribution in [0.1, 0.15) is 37.9 Å². The second-order valence-corrected chi connectivity index (χ2v) is 9.87. The SMILES string of the molecule is C=CCOC(=O)C1=C(C)N=c2s/c(=C3/C(=O)N(CC)c4ccccc43)c(=O)n2C1c1ccc(OC(C)=O)cc1. The van der Waals surface area contributed by atoms with Crippen LogP contribution in [-0.4, -0.2) is 35.6 Å². The minimum atomic E-state index is -0.881. The molecule has 2 aliphatic rings. The molecule has 2 aliphatic heterocycles. The summed E-state index contributed by atoms with van der Waals surface area (Å²) in [5.41, 5.74) is 2.46. The highest BCUT2D eigenvalue weighted by Crippen LogP contribution is 2.35. The number of allylic oxidation sites excluding steroid dienone is 1. The van der Waals surface area contributed by atoms with Crippen molar-refractivity contribution in [3.05, 3.63) is 103 Å². The fourth-order valence-electron chi connectivity index (χ4n) is 4.86. The number of carbonyl (C=O) groups is 3. The maximum atomic E-state index is 14.1. The Morgan fingerprint density at radius 3 is 2.51 bits per heavy atom. The number of likely N-dealkylation sites (N-methyl/N-ethyl adjacent to an activating group) is 1. The molecule has 0 saturated heterocycles. The lowest BCUT2D eigenvalue weighted by Gasteiger charge is -2.24. The summed E-state index contributed by atoms with van der Waals surface area (Å²) < 4.78 is 12.2. The first-order chi connectivity index (χ1) is 18.8. The van der Waals surface area contributed by atoms with Crippen LogP contribution in [0.3, 0.4) is 0 Å². The number of fused-ring (bicyclic) bond motifs is 2. The number of esters is 2. The van der Waals surface area contributed by atoms with E-state index in [4.69, 9.17) is 9.47 Å². The number of benzene rings is 2. The molecule has 5 rings (SSSR count). The maximum absolute atomic E-state index is 14.1. The van der Waals surface area contributed by atoms with Crippen LogP contribution >= 0.6 is 11.3 Å². The van der Waals surface area contributed by atoms with Crippen molar-refractivity contribution in [2.24, 2.45) is 4.99 Å². The van der Waals surface area contributed by atoms with Crippen molar-refractivity contribution >= 4 is 40.4 Å². The van der Waals surface area contributed by atoms with E-state index >= 15 is 0 Å². The van der Waals surface area contributed by atoms with E-state index in [1.807, 2.05) is 31.2 Å². The predicted molar refractivity (Wildman–Crippen MR) is 146 cm³/mol. The molecular weight excluding hydrogens is 518 g/mol. The van der Waals surface area contributed by atoms with Gasteiger partial charge in [-0.15, -0.1) is 0 Å². The van der Waals surface area contributed by atoms with Crippen molar-refractivity contribution < 1.29 is 23.9 Å². The zero-order valence-corrected chi connectivity index (χ0v) is 22.4. The third-order valence-electron chi connectivity index (χ3n) is 6.47. The zero-order valence-electron chi connectivity index (χ0n) is 21.6. The molecule has 3 heterocycles. The smallest absolute Gasteiger partial charge is 0.338 e. The van der Waals surface area contributed by atoms with Crippen LogP contribution in [0.25, 0.3) is 5.57 Å².